The van der Waals surface area contributed by atoms with Gasteiger partial charge in [0, 0.05) is 11.8 Å². The fourth-order valence-electron chi connectivity index (χ4n) is 1.56. The minimum absolute atomic E-state index is 0.00856. The molecule has 0 saturated carbocycles. The summed E-state index contributed by atoms with van der Waals surface area (Å²) in [6.45, 7) is 9.49. The van der Waals surface area contributed by atoms with Gasteiger partial charge in [-0.05, 0) is 34.6 Å². The molecular weight excluding hydrogens is 218 g/mol. The molecule has 1 aromatic rings. The average Bonchev–Trinajstić information content (AvgIpc) is 2.13. The predicted molar refractivity (Wildman–Crippen MR) is 66.6 cm³/mol. The Kier molecular flexibility index (Phi) is 3.60. The molecular formula is C12H19N3O2. The summed E-state index contributed by atoms with van der Waals surface area (Å²) in [5, 5.41) is 11.8. The Balaban J connectivity index is 3.36. The van der Waals surface area contributed by atoms with Gasteiger partial charge in [-0.3, -0.25) is 4.98 Å². The molecule has 0 saturated heterocycles. The summed E-state index contributed by atoms with van der Waals surface area (Å²) in [6.07, 6.45) is 0. The average molecular weight is 237 g/mol. The summed E-state index contributed by atoms with van der Waals surface area (Å²) in [5.41, 5.74) is 7.33. The molecule has 5 heteroatoms. The van der Waals surface area contributed by atoms with E-state index in [4.69, 9.17) is 15.7 Å². The lowest BCUT2D eigenvalue weighted by Gasteiger charge is -2.23. The Hall–Kier alpha value is -1.78. The predicted octanol–water partition coefficient (Wildman–Crippen LogP) is 1.97. The van der Waals surface area contributed by atoms with Crippen LogP contribution in [0, 0.1) is 13.8 Å². The Morgan fingerprint density at radius 1 is 1.41 bits per heavy atom. The highest BCUT2D eigenvalue weighted by molar-refractivity contribution is 6.00. The van der Waals surface area contributed by atoms with Crippen LogP contribution in [-0.4, -0.2) is 21.6 Å². The summed E-state index contributed by atoms with van der Waals surface area (Å²) in [6, 6.07) is 1.78. The van der Waals surface area contributed by atoms with E-state index in [0.29, 0.717) is 17.0 Å². The fourth-order valence-corrected chi connectivity index (χ4v) is 1.56. The van der Waals surface area contributed by atoms with Gasteiger partial charge < -0.3 is 15.7 Å². The molecule has 17 heavy (non-hydrogen) atoms. The van der Waals surface area contributed by atoms with Crippen molar-refractivity contribution in [2.75, 3.05) is 0 Å². The van der Waals surface area contributed by atoms with E-state index in [1.54, 1.807) is 13.0 Å². The van der Waals surface area contributed by atoms with Crippen molar-refractivity contribution in [3.8, 4) is 5.75 Å². The SMILES string of the molecule is Cc1cc(OC(C)(C)C)c(/C(N)=N/O)c(C)n1. The maximum Gasteiger partial charge on any atom is 0.175 e. The second-order valence-electron chi connectivity index (χ2n) is 4.92. The first-order valence-electron chi connectivity index (χ1n) is 5.40. The Morgan fingerprint density at radius 3 is 2.47 bits per heavy atom. The van der Waals surface area contributed by atoms with Crippen LogP contribution in [0.15, 0.2) is 11.2 Å². The summed E-state index contributed by atoms with van der Waals surface area (Å²) in [5.74, 6) is 0.590. The van der Waals surface area contributed by atoms with Crippen LogP contribution in [0.25, 0.3) is 0 Å². The lowest BCUT2D eigenvalue weighted by molar-refractivity contribution is 0.130. The minimum atomic E-state index is -0.356. The van der Waals surface area contributed by atoms with Gasteiger partial charge in [0.2, 0.25) is 0 Å². The number of amidine groups is 1. The third-order valence-electron chi connectivity index (χ3n) is 2.07. The first-order chi connectivity index (χ1) is 7.74. The van der Waals surface area contributed by atoms with Crippen molar-refractivity contribution in [2.24, 2.45) is 10.9 Å². The number of hydrogen-bond donors (Lipinski definition) is 2. The summed E-state index contributed by atoms with van der Waals surface area (Å²) >= 11 is 0. The maximum absolute atomic E-state index is 8.78. The molecule has 3 N–H and O–H groups in total. The van der Waals surface area contributed by atoms with E-state index in [-0.39, 0.29) is 11.4 Å². The molecule has 94 valence electrons. The van der Waals surface area contributed by atoms with Gasteiger partial charge in [0.25, 0.3) is 0 Å². The van der Waals surface area contributed by atoms with Crippen molar-refractivity contribution >= 4 is 5.84 Å². The Labute approximate surface area is 101 Å². The number of nitrogens with two attached hydrogens (primary N) is 1. The fraction of sp³-hybridized carbons (Fsp3) is 0.500. The smallest absolute Gasteiger partial charge is 0.175 e. The minimum Gasteiger partial charge on any atom is -0.487 e. The molecule has 1 heterocycles. The second kappa shape index (κ2) is 4.61. The topological polar surface area (TPSA) is 80.7 Å². The molecule has 0 bridgehead atoms. The van der Waals surface area contributed by atoms with Crippen LogP contribution in [0.4, 0.5) is 0 Å². The molecule has 0 aliphatic heterocycles. The first-order valence-corrected chi connectivity index (χ1v) is 5.40. The molecule has 0 amide bonds. The zero-order valence-corrected chi connectivity index (χ0v) is 10.9. The number of oxime groups is 1. The third-order valence-corrected chi connectivity index (χ3v) is 2.07. The maximum atomic E-state index is 8.78. The highest BCUT2D eigenvalue weighted by atomic mass is 16.5. The van der Waals surface area contributed by atoms with Crippen LogP contribution in [-0.2, 0) is 0 Å². The van der Waals surface area contributed by atoms with Gasteiger partial charge in [-0.25, -0.2) is 0 Å². The Bertz CT molecular complexity index is 448. The lowest BCUT2D eigenvalue weighted by Crippen LogP contribution is -2.26. The summed E-state index contributed by atoms with van der Waals surface area (Å²) in [7, 11) is 0. The van der Waals surface area contributed by atoms with E-state index >= 15 is 0 Å². The zero-order chi connectivity index (χ0) is 13.2. The monoisotopic (exact) mass is 237 g/mol. The van der Waals surface area contributed by atoms with Crippen LogP contribution >= 0.6 is 0 Å². The first kappa shape index (κ1) is 13.3. The molecule has 0 fully saturated rings. The van der Waals surface area contributed by atoms with Crippen molar-refractivity contribution in [1.82, 2.24) is 4.98 Å². The molecule has 0 radical (unpaired) electrons. The number of aryl methyl sites for hydroxylation is 2. The van der Waals surface area contributed by atoms with E-state index < -0.39 is 0 Å². The number of ether oxygens (including phenoxy) is 1. The van der Waals surface area contributed by atoms with Crippen molar-refractivity contribution in [3.63, 3.8) is 0 Å². The van der Waals surface area contributed by atoms with E-state index in [0.717, 1.165) is 5.69 Å². The third kappa shape index (κ3) is 3.34. The van der Waals surface area contributed by atoms with Gasteiger partial charge in [-0.2, -0.15) is 0 Å². The molecule has 0 unspecified atom stereocenters. The number of rotatable bonds is 2. The van der Waals surface area contributed by atoms with Crippen LogP contribution in [0.1, 0.15) is 37.7 Å². The highest BCUT2D eigenvalue weighted by Crippen LogP contribution is 2.25. The van der Waals surface area contributed by atoms with Gasteiger partial charge in [-0.15, -0.1) is 0 Å². The highest BCUT2D eigenvalue weighted by Gasteiger charge is 2.19. The van der Waals surface area contributed by atoms with Gasteiger partial charge in [0.1, 0.15) is 11.4 Å². The molecule has 0 spiro atoms. The molecule has 5 nitrogen and oxygen atoms in total. The van der Waals surface area contributed by atoms with Gasteiger partial charge in [0.05, 0.1) is 11.3 Å². The second-order valence-corrected chi connectivity index (χ2v) is 4.92. The van der Waals surface area contributed by atoms with Crippen LogP contribution in [0.2, 0.25) is 0 Å². The van der Waals surface area contributed by atoms with Gasteiger partial charge >= 0.3 is 0 Å². The zero-order valence-electron chi connectivity index (χ0n) is 10.9. The number of pyridine rings is 1. The van der Waals surface area contributed by atoms with E-state index in [1.807, 2.05) is 27.7 Å². The van der Waals surface area contributed by atoms with Gasteiger partial charge in [-0.1, -0.05) is 5.16 Å². The largest absolute Gasteiger partial charge is 0.487 e. The standard InChI is InChI=1S/C12H19N3O2/c1-7-6-9(17-12(3,4)5)10(8(2)14-7)11(13)15-16/h6,16H,1-5H3,(H2,13,15). The molecule has 1 aromatic heterocycles. The molecule has 0 aliphatic rings. The molecule has 0 atom stereocenters. The number of hydrogen-bond acceptors (Lipinski definition) is 4. The van der Waals surface area contributed by atoms with Crippen molar-refractivity contribution < 1.29 is 9.94 Å². The van der Waals surface area contributed by atoms with Crippen LogP contribution in [0.5, 0.6) is 5.75 Å². The van der Waals surface area contributed by atoms with Crippen molar-refractivity contribution in [3.05, 3.63) is 23.0 Å². The molecule has 1 rings (SSSR count). The van der Waals surface area contributed by atoms with Crippen LogP contribution < -0.4 is 10.5 Å². The van der Waals surface area contributed by atoms with Crippen molar-refractivity contribution in [1.29, 1.82) is 0 Å². The number of nitrogens with zero attached hydrogens (tertiary/aromatic N) is 2. The Morgan fingerprint density at radius 2 is 2.00 bits per heavy atom. The van der Waals surface area contributed by atoms with E-state index in [1.165, 1.54) is 0 Å². The molecule has 0 aliphatic carbocycles. The van der Waals surface area contributed by atoms with Crippen LogP contribution in [0.3, 0.4) is 0 Å². The molecule has 0 aromatic carbocycles. The van der Waals surface area contributed by atoms with E-state index in [2.05, 4.69) is 10.1 Å². The van der Waals surface area contributed by atoms with Gasteiger partial charge in [0.15, 0.2) is 5.84 Å². The summed E-state index contributed by atoms with van der Waals surface area (Å²) < 4.78 is 5.81. The van der Waals surface area contributed by atoms with Crippen molar-refractivity contribution in [2.45, 2.75) is 40.2 Å². The lowest BCUT2D eigenvalue weighted by atomic mass is 10.1. The summed E-state index contributed by atoms with van der Waals surface area (Å²) in [4.78, 5) is 4.28. The van der Waals surface area contributed by atoms with E-state index in [9.17, 15) is 0 Å². The quantitative estimate of drug-likeness (QED) is 0.356. The number of aromatic nitrogens is 1. The normalized spacial score (nSPS) is 12.6.